The zero-order chi connectivity index (χ0) is 18.5. The molecule has 1 heterocycles. The molecule has 1 atom stereocenters. The molecule has 3 N–H and O–H groups in total. The van der Waals surface area contributed by atoms with Gasteiger partial charge in [0, 0.05) is 17.3 Å². The summed E-state index contributed by atoms with van der Waals surface area (Å²) in [4.78, 5) is 16.5. The van der Waals surface area contributed by atoms with Crippen LogP contribution in [-0.2, 0) is 4.74 Å². The number of nitrogens with zero attached hydrogens (tertiary/aromatic N) is 1. The summed E-state index contributed by atoms with van der Waals surface area (Å²) in [6.07, 6.45) is 0.451. The third-order valence-electron chi connectivity index (χ3n) is 3.74. The number of carbonyl (C=O) groups is 1. The minimum absolute atomic E-state index is 0.249. The van der Waals surface area contributed by atoms with Crippen molar-refractivity contribution in [2.24, 2.45) is 0 Å². The average molecular weight is 356 g/mol. The highest BCUT2D eigenvalue weighted by Gasteiger charge is 2.15. The molecule has 0 aliphatic rings. The highest BCUT2D eigenvalue weighted by molar-refractivity contribution is 5.99. The van der Waals surface area contributed by atoms with Gasteiger partial charge >= 0.3 is 5.97 Å². The maximum absolute atomic E-state index is 13.6. The van der Waals surface area contributed by atoms with Crippen LogP contribution in [0.1, 0.15) is 10.4 Å². The number of hydrogen-bond acceptors (Lipinski definition) is 6. The monoisotopic (exact) mass is 356 g/mol. The van der Waals surface area contributed by atoms with E-state index in [0.717, 1.165) is 0 Å². The number of fused-ring (bicyclic) bond motifs is 1. The van der Waals surface area contributed by atoms with Gasteiger partial charge in [0.2, 0.25) is 0 Å². The molecule has 1 unspecified atom stereocenters. The molecule has 0 spiro atoms. The van der Waals surface area contributed by atoms with Crippen molar-refractivity contribution in [3.8, 4) is 0 Å². The van der Waals surface area contributed by atoms with Gasteiger partial charge in [0.25, 0.3) is 0 Å². The minimum atomic E-state index is -1.13. The van der Waals surface area contributed by atoms with Gasteiger partial charge in [-0.05, 0) is 36.4 Å². The Balaban J connectivity index is 1.90. The van der Waals surface area contributed by atoms with E-state index in [4.69, 9.17) is 9.84 Å². The summed E-state index contributed by atoms with van der Waals surface area (Å²) in [6, 6.07) is 12.6. The lowest BCUT2D eigenvalue weighted by Crippen LogP contribution is -2.22. The van der Waals surface area contributed by atoms with E-state index >= 15 is 0 Å². The second kappa shape index (κ2) is 7.90. The van der Waals surface area contributed by atoms with Crippen molar-refractivity contribution in [1.82, 2.24) is 4.98 Å². The maximum atomic E-state index is 13.6. The number of nitrogens with one attached hydrogen (secondary N) is 1. The first-order valence-corrected chi connectivity index (χ1v) is 7.95. The van der Waals surface area contributed by atoms with Gasteiger partial charge in [-0.15, -0.1) is 0 Å². The van der Waals surface area contributed by atoms with Crippen LogP contribution >= 0.6 is 0 Å². The average Bonchev–Trinajstić information content (AvgIpc) is 2.66. The Morgan fingerprint density at radius 2 is 2.00 bits per heavy atom. The largest absolute Gasteiger partial charge is 0.459 e. The number of halogens is 1. The van der Waals surface area contributed by atoms with Gasteiger partial charge in [-0.2, -0.15) is 0 Å². The zero-order valence-electron chi connectivity index (χ0n) is 13.7. The summed E-state index contributed by atoms with van der Waals surface area (Å²) in [5.41, 5.74) is 1.92. The standard InChI is InChI=1S/C19H17FN2O4/c20-12-5-6-16-15(9-12)18(7-8-21-16)22-17-4-2-1-3-14(17)19(25)26-11-13(24)10-23/h1-9,13,23-24H,10-11H2,(H,21,22). The van der Waals surface area contributed by atoms with Crippen LogP contribution < -0.4 is 5.32 Å². The summed E-state index contributed by atoms with van der Waals surface area (Å²) in [7, 11) is 0. The molecule has 6 nitrogen and oxygen atoms in total. The van der Waals surface area contributed by atoms with Crippen molar-refractivity contribution < 1.29 is 24.1 Å². The number of para-hydroxylation sites is 1. The lowest BCUT2D eigenvalue weighted by atomic mass is 10.1. The first-order chi connectivity index (χ1) is 12.6. The Morgan fingerprint density at radius 3 is 2.81 bits per heavy atom. The highest BCUT2D eigenvalue weighted by Crippen LogP contribution is 2.27. The van der Waals surface area contributed by atoms with Crippen LogP contribution in [0.25, 0.3) is 10.9 Å². The molecule has 0 radical (unpaired) electrons. The Bertz CT molecular complexity index is 932. The third kappa shape index (κ3) is 3.96. The van der Waals surface area contributed by atoms with Crippen LogP contribution in [0.3, 0.4) is 0 Å². The fourth-order valence-corrected chi connectivity index (χ4v) is 2.44. The molecule has 3 rings (SSSR count). The second-order valence-corrected chi connectivity index (χ2v) is 5.63. The zero-order valence-corrected chi connectivity index (χ0v) is 13.7. The summed E-state index contributed by atoms with van der Waals surface area (Å²) < 4.78 is 18.6. The van der Waals surface area contributed by atoms with Gasteiger partial charge < -0.3 is 20.3 Å². The maximum Gasteiger partial charge on any atom is 0.340 e. The number of hydrogen-bond donors (Lipinski definition) is 3. The molecule has 0 saturated heterocycles. The van der Waals surface area contributed by atoms with Gasteiger partial charge in [0.05, 0.1) is 23.4 Å². The number of rotatable bonds is 6. The van der Waals surface area contributed by atoms with E-state index < -0.39 is 18.7 Å². The molecule has 1 aromatic heterocycles. The van der Waals surface area contributed by atoms with Gasteiger partial charge in [-0.1, -0.05) is 12.1 Å². The van der Waals surface area contributed by atoms with E-state index in [2.05, 4.69) is 10.3 Å². The molecule has 26 heavy (non-hydrogen) atoms. The Morgan fingerprint density at radius 1 is 1.19 bits per heavy atom. The van der Waals surface area contributed by atoms with Crippen molar-refractivity contribution in [1.29, 1.82) is 0 Å². The summed E-state index contributed by atoms with van der Waals surface area (Å²) >= 11 is 0. The van der Waals surface area contributed by atoms with Crippen LogP contribution in [0.4, 0.5) is 15.8 Å². The van der Waals surface area contributed by atoms with Crippen molar-refractivity contribution in [2.45, 2.75) is 6.10 Å². The van der Waals surface area contributed by atoms with Crippen LogP contribution in [0.5, 0.6) is 0 Å². The molecule has 134 valence electrons. The minimum Gasteiger partial charge on any atom is -0.459 e. The topological polar surface area (TPSA) is 91.7 Å². The normalized spacial score (nSPS) is 12.0. The van der Waals surface area contributed by atoms with E-state index in [1.807, 2.05) is 0 Å². The molecule has 0 bridgehead atoms. The second-order valence-electron chi connectivity index (χ2n) is 5.63. The molecule has 0 fully saturated rings. The molecule has 0 saturated carbocycles. The van der Waals surface area contributed by atoms with E-state index in [1.165, 1.54) is 12.1 Å². The lowest BCUT2D eigenvalue weighted by molar-refractivity contribution is 0.00941. The molecular weight excluding hydrogens is 339 g/mol. The SMILES string of the molecule is O=C(OCC(O)CO)c1ccccc1Nc1ccnc2ccc(F)cc12. The van der Waals surface area contributed by atoms with Crippen molar-refractivity contribution >= 4 is 28.2 Å². The smallest absolute Gasteiger partial charge is 0.340 e. The van der Waals surface area contributed by atoms with Crippen molar-refractivity contribution in [2.75, 3.05) is 18.5 Å². The van der Waals surface area contributed by atoms with Crippen molar-refractivity contribution in [3.63, 3.8) is 0 Å². The molecule has 0 aliphatic heterocycles. The van der Waals surface area contributed by atoms with Gasteiger partial charge in [-0.3, -0.25) is 4.98 Å². The van der Waals surface area contributed by atoms with Gasteiger partial charge in [-0.25, -0.2) is 9.18 Å². The molecular formula is C19H17FN2O4. The number of carbonyl (C=O) groups excluding carboxylic acids is 1. The number of benzene rings is 2. The van der Waals surface area contributed by atoms with Gasteiger partial charge in [0.15, 0.2) is 0 Å². The molecule has 0 aliphatic carbocycles. The van der Waals surface area contributed by atoms with E-state index in [0.29, 0.717) is 22.3 Å². The van der Waals surface area contributed by atoms with E-state index in [1.54, 1.807) is 42.6 Å². The highest BCUT2D eigenvalue weighted by atomic mass is 19.1. The first-order valence-electron chi connectivity index (χ1n) is 7.95. The predicted molar refractivity (Wildman–Crippen MR) is 94.8 cm³/mol. The van der Waals surface area contributed by atoms with E-state index in [-0.39, 0.29) is 18.0 Å². The molecule has 7 heteroatoms. The number of ether oxygens (including phenoxy) is 1. The summed E-state index contributed by atoms with van der Waals surface area (Å²) in [5, 5.41) is 21.8. The fourth-order valence-electron chi connectivity index (χ4n) is 2.44. The molecule has 3 aromatic rings. The Kier molecular flexibility index (Phi) is 5.40. The van der Waals surface area contributed by atoms with Crippen molar-refractivity contribution in [3.05, 3.63) is 66.1 Å². The number of aromatic nitrogens is 1. The van der Waals surface area contributed by atoms with Gasteiger partial charge in [0.1, 0.15) is 18.5 Å². The van der Waals surface area contributed by atoms with Crippen LogP contribution in [0.15, 0.2) is 54.7 Å². The number of pyridine rings is 1. The quantitative estimate of drug-likeness (QED) is 0.588. The Labute approximate surface area is 148 Å². The molecule has 2 aromatic carbocycles. The number of aliphatic hydroxyl groups excluding tert-OH is 2. The Hall–Kier alpha value is -3.03. The first kappa shape index (κ1) is 17.8. The van der Waals surface area contributed by atoms with E-state index in [9.17, 15) is 14.3 Å². The summed E-state index contributed by atoms with van der Waals surface area (Å²) in [5.74, 6) is -1.04. The number of esters is 1. The van der Waals surface area contributed by atoms with Crippen LogP contribution in [-0.4, -0.2) is 40.5 Å². The predicted octanol–water partition coefficient (Wildman–Crippen LogP) is 2.63. The number of anilines is 2. The third-order valence-corrected chi connectivity index (χ3v) is 3.74. The van der Waals surface area contributed by atoms with Crippen LogP contribution in [0, 0.1) is 5.82 Å². The molecule has 0 amide bonds. The fraction of sp³-hybridized carbons (Fsp3) is 0.158. The number of aliphatic hydroxyl groups is 2. The lowest BCUT2D eigenvalue weighted by Gasteiger charge is -2.14. The summed E-state index contributed by atoms with van der Waals surface area (Å²) in [6.45, 7) is -0.811. The van der Waals surface area contributed by atoms with Crippen LogP contribution in [0.2, 0.25) is 0 Å².